The topological polar surface area (TPSA) is 0 Å². The molecule has 86 valence electrons. The highest BCUT2D eigenvalue weighted by atomic mass is 27.0. The summed E-state index contributed by atoms with van der Waals surface area (Å²) in [7, 11) is 0. The van der Waals surface area contributed by atoms with Crippen LogP contribution < -0.4 is 0 Å². The van der Waals surface area contributed by atoms with Crippen LogP contribution in [0.3, 0.4) is 0 Å². The number of hydrogen-bond donors (Lipinski definition) is 0. The van der Waals surface area contributed by atoms with Crippen molar-refractivity contribution in [3.8, 4) is 0 Å². The normalized spacial score (nSPS) is 10.3. The smallest absolute Gasteiger partial charge is 0.160 e. The molecule has 0 fully saturated rings. The van der Waals surface area contributed by atoms with E-state index in [2.05, 4.69) is 37.1 Å². The summed E-state index contributed by atoms with van der Waals surface area (Å²) in [6, 6.07) is 0. The van der Waals surface area contributed by atoms with Gasteiger partial charge >= 0.3 is 0 Å². The Bertz CT molecular complexity index is 160. The lowest BCUT2D eigenvalue weighted by atomic mass is 10.0. The van der Waals surface area contributed by atoms with Crippen LogP contribution in [0.1, 0.15) is 78.6 Å². The van der Waals surface area contributed by atoms with Gasteiger partial charge in [-0.25, -0.2) is 0 Å². The Labute approximate surface area is 105 Å². The van der Waals surface area contributed by atoms with Crippen LogP contribution in [0.2, 0.25) is 0 Å². The fourth-order valence-electron chi connectivity index (χ4n) is 1.77. The molecule has 0 nitrogen and oxygen atoms in total. The minimum absolute atomic E-state index is 1.30. The third-order valence-electron chi connectivity index (χ3n) is 2.92. The third-order valence-corrected chi connectivity index (χ3v) is 3.61. The number of unbranched alkanes of at least 4 members (excludes halogenated alkanes) is 3. The molecule has 0 saturated carbocycles. The first-order valence-electron chi connectivity index (χ1n) is 6.72. The van der Waals surface area contributed by atoms with Crippen molar-refractivity contribution in [1.82, 2.24) is 0 Å². The van der Waals surface area contributed by atoms with Gasteiger partial charge in [0, 0.05) is 0 Å². The Morgan fingerprint density at radius 2 is 1.13 bits per heavy atom. The second kappa shape index (κ2) is 10.8. The number of allylic oxidation sites excluding steroid dienone is 2. The van der Waals surface area contributed by atoms with Gasteiger partial charge in [0.15, 0.2) is 16.3 Å². The van der Waals surface area contributed by atoms with E-state index in [1.165, 1.54) is 57.8 Å². The molecule has 0 spiro atoms. The SMILES string of the molecule is CCCC[C]([Al])=C(CCCC)CCCC. The summed E-state index contributed by atoms with van der Waals surface area (Å²) >= 11 is 2.99. The van der Waals surface area contributed by atoms with Crippen molar-refractivity contribution in [3.63, 3.8) is 0 Å². The fourth-order valence-corrected chi connectivity index (χ4v) is 2.26. The van der Waals surface area contributed by atoms with Gasteiger partial charge in [0.2, 0.25) is 0 Å². The molecule has 0 N–H and O–H groups in total. The molecule has 0 aliphatic carbocycles. The van der Waals surface area contributed by atoms with Gasteiger partial charge in [-0.1, -0.05) is 52.0 Å². The van der Waals surface area contributed by atoms with Crippen LogP contribution in [-0.2, 0) is 0 Å². The molecule has 0 aromatic rings. The summed E-state index contributed by atoms with van der Waals surface area (Å²) in [5, 5.41) is 0. The molecule has 1 heteroatoms. The molecular weight excluding hydrogens is 195 g/mol. The maximum atomic E-state index is 2.99. The van der Waals surface area contributed by atoms with Crippen LogP contribution in [0.25, 0.3) is 0 Å². The first-order valence-corrected chi connectivity index (χ1v) is 7.30. The molecular formula is C14H27Al. The Kier molecular flexibility index (Phi) is 11.0. The highest BCUT2D eigenvalue weighted by Gasteiger charge is 2.01. The van der Waals surface area contributed by atoms with Crippen molar-refractivity contribution in [2.45, 2.75) is 78.6 Å². The monoisotopic (exact) mass is 222 g/mol. The van der Waals surface area contributed by atoms with Crippen molar-refractivity contribution in [2.75, 3.05) is 0 Å². The number of rotatable bonds is 9. The molecule has 0 heterocycles. The van der Waals surface area contributed by atoms with E-state index in [-0.39, 0.29) is 0 Å². The van der Waals surface area contributed by atoms with Gasteiger partial charge in [-0.05, 0) is 32.1 Å². The second-order valence-electron chi connectivity index (χ2n) is 4.44. The predicted octanol–water partition coefficient (Wildman–Crippen LogP) is 4.98. The average molecular weight is 222 g/mol. The van der Waals surface area contributed by atoms with Crippen LogP contribution in [0.15, 0.2) is 10.0 Å². The minimum atomic E-state index is 1.30. The van der Waals surface area contributed by atoms with Gasteiger partial charge in [-0.2, -0.15) is 4.44 Å². The van der Waals surface area contributed by atoms with E-state index in [9.17, 15) is 0 Å². The fraction of sp³-hybridized carbons (Fsp3) is 0.857. The van der Waals surface area contributed by atoms with Crippen LogP contribution in [0.4, 0.5) is 0 Å². The summed E-state index contributed by atoms with van der Waals surface area (Å²) in [6.45, 7) is 6.84. The Balaban J connectivity index is 4.14. The third kappa shape index (κ3) is 8.12. The van der Waals surface area contributed by atoms with Gasteiger partial charge in [-0.15, -0.1) is 0 Å². The first-order chi connectivity index (χ1) is 7.26. The van der Waals surface area contributed by atoms with Gasteiger partial charge in [0.1, 0.15) is 0 Å². The van der Waals surface area contributed by atoms with E-state index in [0.717, 1.165) is 0 Å². The van der Waals surface area contributed by atoms with Crippen molar-refractivity contribution >= 4 is 16.3 Å². The summed E-state index contributed by atoms with van der Waals surface area (Å²) < 4.78 is 1.61. The van der Waals surface area contributed by atoms with E-state index >= 15 is 0 Å². The second-order valence-corrected chi connectivity index (χ2v) is 5.14. The van der Waals surface area contributed by atoms with Gasteiger partial charge in [0.25, 0.3) is 0 Å². The maximum Gasteiger partial charge on any atom is 0.168 e. The Morgan fingerprint density at radius 1 is 0.733 bits per heavy atom. The highest BCUT2D eigenvalue weighted by molar-refractivity contribution is 6.22. The lowest BCUT2D eigenvalue weighted by Gasteiger charge is -2.13. The van der Waals surface area contributed by atoms with Crippen molar-refractivity contribution < 1.29 is 0 Å². The molecule has 0 aromatic carbocycles. The van der Waals surface area contributed by atoms with E-state index in [0.29, 0.717) is 0 Å². The Hall–Kier alpha value is 0.272. The van der Waals surface area contributed by atoms with Crippen molar-refractivity contribution in [1.29, 1.82) is 0 Å². The van der Waals surface area contributed by atoms with Crippen LogP contribution >= 0.6 is 0 Å². The Morgan fingerprint density at radius 3 is 1.53 bits per heavy atom. The van der Waals surface area contributed by atoms with Crippen molar-refractivity contribution in [2.24, 2.45) is 0 Å². The molecule has 0 amide bonds. The van der Waals surface area contributed by atoms with E-state index in [1.807, 2.05) is 0 Å². The van der Waals surface area contributed by atoms with Crippen LogP contribution in [-0.4, -0.2) is 16.3 Å². The number of hydrogen-bond acceptors (Lipinski definition) is 0. The summed E-state index contributed by atoms with van der Waals surface area (Å²) in [4.78, 5) is 0. The maximum absolute atomic E-state index is 2.99. The standard InChI is InChI=1S/C14H27.Al/c1-4-7-10-13-14(11-8-5-2)12-9-6-3;/h4-12H2,1-3H3;. The lowest BCUT2D eigenvalue weighted by molar-refractivity contribution is 0.698. The molecule has 15 heavy (non-hydrogen) atoms. The zero-order chi connectivity index (χ0) is 11.5. The van der Waals surface area contributed by atoms with E-state index in [4.69, 9.17) is 0 Å². The van der Waals surface area contributed by atoms with E-state index in [1.54, 1.807) is 10.0 Å². The zero-order valence-electron chi connectivity index (χ0n) is 10.9. The van der Waals surface area contributed by atoms with Crippen molar-refractivity contribution in [3.05, 3.63) is 10.0 Å². The zero-order valence-corrected chi connectivity index (χ0v) is 12.1. The summed E-state index contributed by atoms with van der Waals surface area (Å²) in [6.07, 6.45) is 12.0. The lowest BCUT2D eigenvalue weighted by Crippen LogP contribution is -1.94. The molecule has 0 saturated heterocycles. The molecule has 0 aromatic heterocycles. The first kappa shape index (κ1) is 15.3. The molecule has 0 aliphatic rings. The highest BCUT2D eigenvalue weighted by Crippen LogP contribution is 2.20. The quantitative estimate of drug-likeness (QED) is 0.483. The average Bonchev–Trinajstić information content (AvgIpc) is 2.26. The van der Waals surface area contributed by atoms with Crippen LogP contribution in [0, 0.1) is 0 Å². The van der Waals surface area contributed by atoms with Gasteiger partial charge in [-0.3, -0.25) is 0 Å². The molecule has 0 aliphatic heterocycles. The molecule has 0 bridgehead atoms. The predicted molar refractivity (Wildman–Crippen MR) is 71.4 cm³/mol. The molecule has 2 radical (unpaired) electrons. The van der Waals surface area contributed by atoms with E-state index < -0.39 is 0 Å². The summed E-state index contributed by atoms with van der Waals surface area (Å²) in [5.74, 6) is 0. The summed E-state index contributed by atoms with van der Waals surface area (Å²) in [5.41, 5.74) is 1.73. The molecule has 0 atom stereocenters. The minimum Gasteiger partial charge on any atom is -0.160 e. The molecule has 0 rings (SSSR count). The van der Waals surface area contributed by atoms with Crippen LogP contribution in [0.5, 0.6) is 0 Å². The molecule has 0 unspecified atom stereocenters. The largest absolute Gasteiger partial charge is 0.168 e. The van der Waals surface area contributed by atoms with Gasteiger partial charge in [0.05, 0.1) is 0 Å². The van der Waals surface area contributed by atoms with Gasteiger partial charge < -0.3 is 0 Å².